The lowest BCUT2D eigenvalue weighted by Crippen LogP contribution is -2.52. The van der Waals surface area contributed by atoms with E-state index in [0.29, 0.717) is 13.0 Å². The third-order valence-electron chi connectivity index (χ3n) is 2.84. The average Bonchev–Trinajstić information content (AvgIpc) is 2.35. The number of carbonyl (C=O) groups is 2. The van der Waals surface area contributed by atoms with Crippen LogP contribution in [0.25, 0.3) is 0 Å². The zero-order chi connectivity index (χ0) is 15.2. The molecule has 0 fully saturated rings. The van der Waals surface area contributed by atoms with Crippen LogP contribution in [0.15, 0.2) is 24.5 Å². The standard InChI is InChI=1S/C14H21N3O3/c1-14(2,3)11(12(18)19)17-13(20)16-9-6-10-4-7-15-8-5-10/h4-5,7-8,11H,6,9H2,1-3H3,(H,18,19)(H2,16,17,20)/t11-/m1/s1. The van der Waals surface area contributed by atoms with Crippen LogP contribution in [0.4, 0.5) is 4.79 Å². The third kappa shape index (κ3) is 5.26. The predicted molar refractivity (Wildman–Crippen MR) is 75.4 cm³/mol. The van der Waals surface area contributed by atoms with Crippen LogP contribution in [0.2, 0.25) is 0 Å². The van der Waals surface area contributed by atoms with Gasteiger partial charge in [0.2, 0.25) is 0 Å². The second kappa shape index (κ2) is 6.88. The van der Waals surface area contributed by atoms with Crippen LogP contribution in [-0.2, 0) is 11.2 Å². The number of nitrogens with zero attached hydrogens (tertiary/aromatic N) is 1. The molecule has 1 heterocycles. The Kier molecular flexibility index (Phi) is 5.49. The van der Waals surface area contributed by atoms with Gasteiger partial charge in [0.1, 0.15) is 6.04 Å². The largest absolute Gasteiger partial charge is 0.480 e. The zero-order valence-corrected chi connectivity index (χ0v) is 12.0. The van der Waals surface area contributed by atoms with Crippen LogP contribution < -0.4 is 10.6 Å². The van der Waals surface area contributed by atoms with E-state index in [0.717, 1.165) is 5.56 Å². The summed E-state index contributed by atoms with van der Waals surface area (Å²) < 4.78 is 0. The number of carboxylic acid groups (broad SMARTS) is 1. The summed E-state index contributed by atoms with van der Waals surface area (Å²) in [5, 5.41) is 14.2. The second-order valence-corrected chi connectivity index (χ2v) is 5.64. The molecule has 0 bridgehead atoms. The van der Waals surface area contributed by atoms with Crippen molar-refractivity contribution in [3.63, 3.8) is 0 Å². The number of aromatic nitrogens is 1. The highest BCUT2D eigenvalue weighted by atomic mass is 16.4. The minimum Gasteiger partial charge on any atom is -0.480 e. The zero-order valence-electron chi connectivity index (χ0n) is 12.0. The van der Waals surface area contributed by atoms with Crippen LogP contribution in [0.5, 0.6) is 0 Å². The van der Waals surface area contributed by atoms with Crippen LogP contribution in [0.3, 0.4) is 0 Å². The first-order chi connectivity index (χ1) is 9.30. The van der Waals surface area contributed by atoms with E-state index in [9.17, 15) is 9.59 Å². The van der Waals surface area contributed by atoms with E-state index < -0.39 is 23.5 Å². The number of urea groups is 1. The van der Waals surface area contributed by atoms with Gasteiger partial charge in [-0.15, -0.1) is 0 Å². The van der Waals surface area contributed by atoms with Gasteiger partial charge < -0.3 is 15.7 Å². The Morgan fingerprint density at radius 2 is 1.90 bits per heavy atom. The van der Waals surface area contributed by atoms with Crippen LogP contribution in [-0.4, -0.2) is 34.7 Å². The summed E-state index contributed by atoms with van der Waals surface area (Å²) in [4.78, 5) is 26.7. The van der Waals surface area contributed by atoms with E-state index in [1.54, 1.807) is 33.2 Å². The normalized spacial score (nSPS) is 12.6. The number of hydrogen-bond donors (Lipinski definition) is 3. The minimum atomic E-state index is -1.04. The summed E-state index contributed by atoms with van der Waals surface area (Å²) in [5.41, 5.74) is 0.514. The lowest BCUT2D eigenvalue weighted by Gasteiger charge is -2.27. The fourth-order valence-electron chi connectivity index (χ4n) is 1.70. The van der Waals surface area contributed by atoms with Gasteiger partial charge >= 0.3 is 12.0 Å². The van der Waals surface area contributed by atoms with Gasteiger partial charge in [0.25, 0.3) is 0 Å². The Morgan fingerprint density at radius 3 is 2.40 bits per heavy atom. The molecule has 0 saturated heterocycles. The number of nitrogens with one attached hydrogen (secondary N) is 2. The molecule has 6 heteroatoms. The van der Waals surface area contributed by atoms with Gasteiger partial charge in [-0.3, -0.25) is 4.98 Å². The Balaban J connectivity index is 2.41. The Bertz CT molecular complexity index is 454. The van der Waals surface area contributed by atoms with Gasteiger partial charge in [0.15, 0.2) is 0 Å². The second-order valence-electron chi connectivity index (χ2n) is 5.64. The van der Waals surface area contributed by atoms with Gasteiger partial charge in [-0.25, -0.2) is 9.59 Å². The van der Waals surface area contributed by atoms with Crippen molar-refractivity contribution in [1.82, 2.24) is 15.6 Å². The maximum absolute atomic E-state index is 11.7. The molecule has 0 saturated carbocycles. The van der Waals surface area contributed by atoms with Gasteiger partial charge in [0, 0.05) is 18.9 Å². The van der Waals surface area contributed by atoms with Crippen LogP contribution in [0.1, 0.15) is 26.3 Å². The molecule has 20 heavy (non-hydrogen) atoms. The third-order valence-corrected chi connectivity index (χ3v) is 2.84. The maximum Gasteiger partial charge on any atom is 0.326 e. The number of carbonyl (C=O) groups excluding carboxylic acids is 1. The van der Waals surface area contributed by atoms with E-state index >= 15 is 0 Å². The number of aliphatic carboxylic acids is 1. The first-order valence-corrected chi connectivity index (χ1v) is 6.47. The Morgan fingerprint density at radius 1 is 1.30 bits per heavy atom. The van der Waals surface area contributed by atoms with Gasteiger partial charge in [-0.05, 0) is 29.5 Å². The van der Waals surface area contributed by atoms with Crippen molar-refractivity contribution in [1.29, 1.82) is 0 Å². The summed E-state index contributed by atoms with van der Waals surface area (Å²) in [5.74, 6) is -1.04. The van der Waals surface area contributed by atoms with Gasteiger partial charge in [0.05, 0.1) is 0 Å². The quantitative estimate of drug-likeness (QED) is 0.760. The molecule has 1 atom stereocenters. The average molecular weight is 279 g/mol. The first-order valence-electron chi connectivity index (χ1n) is 6.47. The fraction of sp³-hybridized carbons (Fsp3) is 0.500. The molecule has 0 aliphatic rings. The number of carboxylic acids is 1. The molecule has 1 aromatic rings. The smallest absolute Gasteiger partial charge is 0.326 e. The molecule has 0 radical (unpaired) electrons. The Hall–Kier alpha value is -2.11. The molecule has 1 aromatic heterocycles. The highest BCUT2D eigenvalue weighted by Gasteiger charge is 2.32. The predicted octanol–water partition coefficient (Wildman–Crippen LogP) is 1.42. The number of hydrogen-bond acceptors (Lipinski definition) is 3. The van der Waals surface area contributed by atoms with E-state index in [1.165, 1.54) is 0 Å². The molecule has 110 valence electrons. The summed E-state index contributed by atoms with van der Waals surface area (Å²) in [7, 11) is 0. The summed E-state index contributed by atoms with van der Waals surface area (Å²) in [6.07, 6.45) is 4.05. The van der Waals surface area contributed by atoms with E-state index in [-0.39, 0.29) is 0 Å². The molecule has 6 nitrogen and oxygen atoms in total. The van der Waals surface area contributed by atoms with E-state index in [2.05, 4.69) is 15.6 Å². The Labute approximate surface area is 118 Å². The molecule has 0 unspecified atom stereocenters. The summed E-state index contributed by atoms with van der Waals surface area (Å²) >= 11 is 0. The van der Waals surface area contributed by atoms with Gasteiger partial charge in [-0.2, -0.15) is 0 Å². The molecule has 0 spiro atoms. The molecule has 0 aliphatic heterocycles. The molecular weight excluding hydrogens is 258 g/mol. The van der Waals surface area contributed by atoms with Crippen molar-refractivity contribution in [3.8, 4) is 0 Å². The van der Waals surface area contributed by atoms with Crippen molar-refractivity contribution in [3.05, 3.63) is 30.1 Å². The van der Waals surface area contributed by atoms with Crippen molar-refractivity contribution in [2.24, 2.45) is 5.41 Å². The van der Waals surface area contributed by atoms with Gasteiger partial charge in [-0.1, -0.05) is 20.8 Å². The van der Waals surface area contributed by atoms with Crippen molar-refractivity contribution < 1.29 is 14.7 Å². The topological polar surface area (TPSA) is 91.3 Å². The van der Waals surface area contributed by atoms with Crippen LogP contribution >= 0.6 is 0 Å². The fourth-order valence-corrected chi connectivity index (χ4v) is 1.70. The molecule has 0 aliphatic carbocycles. The molecular formula is C14H21N3O3. The van der Waals surface area contributed by atoms with E-state index in [4.69, 9.17) is 5.11 Å². The first kappa shape index (κ1) is 15.9. The lowest BCUT2D eigenvalue weighted by atomic mass is 9.87. The van der Waals surface area contributed by atoms with E-state index in [1.807, 2.05) is 12.1 Å². The minimum absolute atomic E-state index is 0.437. The summed E-state index contributed by atoms with van der Waals surface area (Å²) in [6.45, 7) is 5.74. The number of amides is 2. The monoisotopic (exact) mass is 279 g/mol. The maximum atomic E-state index is 11.7. The van der Waals surface area contributed by atoms with Crippen molar-refractivity contribution in [2.75, 3.05) is 6.54 Å². The van der Waals surface area contributed by atoms with Crippen molar-refractivity contribution >= 4 is 12.0 Å². The van der Waals surface area contributed by atoms with Crippen molar-refractivity contribution in [2.45, 2.75) is 33.2 Å². The number of pyridine rings is 1. The SMILES string of the molecule is CC(C)(C)[C@H](NC(=O)NCCc1ccncc1)C(=O)O. The lowest BCUT2D eigenvalue weighted by molar-refractivity contribution is -0.141. The highest BCUT2D eigenvalue weighted by Crippen LogP contribution is 2.19. The molecule has 3 N–H and O–H groups in total. The molecule has 0 aromatic carbocycles. The summed E-state index contributed by atoms with van der Waals surface area (Å²) in [6, 6.07) is 2.34. The highest BCUT2D eigenvalue weighted by molar-refractivity contribution is 5.83. The molecule has 2 amide bonds. The van der Waals surface area contributed by atoms with Crippen LogP contribution in [0, 0.1) is 5.41 Å². The number of rotatable bonds is 5. The molecule has 1 rings (SSSR count).